The molecule has 0 aliphatic carbocycles. The van der Waals surface area contributed by atoms with Crippen LogP contribution in [0.5, 0.6) is 0 Å². The van der Waals surface area contributed by atoms with Gasteiger partial charge >= 0.3 is 0 Å². The Labute approximate surface area is 79.6 Å². The van der Waals surface area contributed by atoms with Crippen LogP contribution in [-0.4, -0.2) is 55.6 Å². The third-order valence-electron chi connectivity index (χ3n) is 3.14. The second-order valence-corrected chi connectivity index (χ2v) is 5.90. The zero-order valence-electron chi connectivity index (χ0n) is 8.10. The minimum absolute atomic E-state index is 0.250. The molecule has 0 amide bonds. The van der Waals surface area contributed by atoms with Crippen molar-refractivity contribution in [3.8, 4) is 0 Å². The lowest BCUT2D eigenvalue weighted by Gasteiger charge is -2.31. The maximum atomic E-state index is 11.3. The molecule has 0 saturated carbocycles. The SMILES string of the molecule is CCN1C[C@@H]2C[C@H]1CN2S(C)(=O)=O. The molecule has 0 aromatic rings. The fourth-order valence-corrected chi connectivity index (χ4v) is 3.64. The average Bonchev–Trinajstić information content (AvgIpc) is 2.59. The van der Waals surface area contributed by atoms with E-state index < -0.39 is 10.0 Å². The van der Waals surface area contributed by atoms with E-state index in [0.29, 0.717) is 12.6 Å². The summed E-state index contributed by atoms with van der Waals surface area (Å²) in [5.74, 6) is 0. The summed E-state index contributed by atoms with van der Waals surface area (Å²) >= 11 is 0. The Bertz CT molecular complexity index is 301. The van der Waals surface area contributed by atoms with Crippen LogP contribution in [0.1, 0.15) is 13.3 Å². The zero-order chi connectivity index (χ0) is 9.64. The lowest BCUT2D eigenvalue weighted by molar-refractivity contribution is 0.190. The summed E-state index contributed by atoms with van der Waals surface area (Å²) in [5.41, 5.74) is 0. The number of likely N-dealkylation sites (tertiary alicyclic amines) is 1. The maximum Gasteiger partial charge on any atom is 0.211 e. The molecule has 4 nitrogen and oxygen atoms in total. The van der Waals surface area contributed by atoms with Crippen LogP contribution in [0.2, 0.25) is 0 Å². The number of piperazine rings is 1. The van der Waals surface area contributed by atoms with Crippen LogP contribution in [0, 0.1) is 0 Å². The van der Waals surface area contributed by atoms with Gasteiger partial charge in [-0.15, -0.1) is 0 Å². The normalized spacial score (nSPS) is 35.8. The van der Waals surface area contributed by atoms with E-state index in [1.807, 2.05) is 0 Å². The number of fused-ring (bicyclic) bond motifs is 2. The molecule has 2 aliphatic rings. The van der Waals surface area contributed by atoms with E-state index in [9.17, 15) is 8.42 Å². The van der Waals surface area contributed by atoms with Crippen molar-refractivity contribution in [2.75, 3.05) is 25.9 Å². The molecular formula is C8H16N2O2S. The summed E-state index contributed by atoms with van der Waals surface area (Å²) < 4.78 is 24.3. The van der Waals surface area contributed by atoms with Gasteiger partial charge in [0.25, 0.3) is 0 Å². The van der Waals surface area contributed by atoms with Crippen molar-refractivity contribution in [3.05, 3.63) is 0 Å². The monoisotopic (exact) mass is 204 g/mol. The number of likely N-dealkylation sites (N-methyl/N-ethyl adjacent to an activating group) is 1. The Morgan fingerprint density at radius 1 is 1.31 bits per heavy atom. The predicted molar refractivity (Wildman–Crippen MR) is 51.0 cm³/mol. The minimum Gasteiger partial charge on any atom is -0.298 e. The average molecular weight is 204 g/mol. The van der Waals surface area contributed by atoms with Crippen LogP contribution in [0.15, 0.2) is 0 Å². The van der Waals surface area contributed by atoms with Gasteiger partial charge in [0.1, 0.15) is 0 Å². The second-order valence-electron chi connectivity index (χ2n) is 3.96. The van der Waals surface area contributed by atoms with Gasteiger partial charge in [0, 0.05) is 25.2 Å². The third-order valence-corrected chi connectivity index (χ3v) is 4.44. The summed E-state index contributed by atoms with van der Waals surface area (Å²) in [7, 11) is -2.96. The Hall–Kier alpha value is -0.130. The molecule has 2 rings (SSSR count). The number of hydrogen-bond acceptors (Lipinski definition) is 3. The highest BCUT2D eigenvalue weighted by Crippen LogP contribution is 2.31. The van der Waals surface area contributed by atoms with Crippen LogP contribution < -0.4 is 0 Å². The van der Waals surface area contributed by atoms with Gasteiger partial charge in [-0.3, -0.25) is 4.90 Å². The zero-order valence-corrected chi connectivity index (χ0v) is 8.92. The van der Waals surface area contributed by atoms with Gasteiger partial charge in [0.15, 0.2) is 0 Å². The molecule has 2 atom stereocenters. The first-order valence-electron chi connectivity index (χ1n) is 4.73. The van der Waals surface area contributed by atoms with Gasteiger partial charge in [-0.2, -0.15) is 4.31 Å². The Morgan fingerprint density at radius 2 is 2.00 bits per heavy atom. The van der Waals surface area contributed by atoms with Gasteiger partial charge in [-0.1, -0.05) is 6.92 Å². The van der Waals surface area contributed by atoms with Gasteiger partial charge < -0.3 is 0 Å². The first kappa shape index (κ1) is 9.43. The van der Waals surface area contributed by atoms with Crippen molar-refractivity contribution >= 4 is 10.0 Å². The molecule has 2 aliphatic heterocycles. The van der Waals surface area contributed by atoms with Crippen molar-refractivity contribution in [1.82, 2.24) is 9.21 Å². The largest absolute Gasteiger partial charge is 0.298 e. The molecular weight excluding hydrogens is 188 g/mol. The highest BCUT2D eigenvalue weighted by atomic mass is 32.2. The first-order chi connectivity index (χ1) is 6.02. The molecule has 0 aromatic carbocycles. The first-order valence-corrected chi connectivity index (χ1v) is 6.58. The number of nitrogens with zero attached hydrogens (tertiary/aromatic N) is 2. The molecule has 2 heterocycles. The van der Waals surface area contributed by atoms with Gasteiger partial charge in [-0.05, 0) is 13.0 Å². The van der Waals surface area contributed by atoms with Crippen LogP contribution in [0.3, 0.4) is 0 Å². The predicted octanol–water partition coefficient (Wildman–Crippen LogP) is -0.276. The van der Waals surface area contributed by atoms with E-state index in [1.165, 1.54) is 6.26 Å². The van der Waals surface area contributed by atoms with Crippen molar-refractivity contribution < 1.29 is 8.42 Å². The fraction of sp³-hybridized carbons (Fsp3) is 1.00. The van der Waals surface area contributed by atoms with Crippen molar-refractivity contribution in [2.24, 2.45) is 0 Å². The van der Waals surface area contributed by atoms with Crippen molar-refractivity contribution in [2.45, 2.75) is 25.4 Å². The van der Waals surface area contributed by atoms with E-state index >= 15 is 0 Å². The third kappa shape index (κ3) is 1.49. The molecule has 13 heavy (non-hydrogen) atoms. The lowest BCUT2D eigenvalue weighted by atomic mass is 10.2. The lowest BCUT2D eigenvalue weighted by Crippen LogP contribution is -2.48. The molecule has 0 spiro atoms. The summed E-state index contributed by atoms with van der Waals surface area (Å²) in [6, 6.07) is 0.727. The highest BCUT2D eigenvalue weighted by molar-refractivity contribution is 7.88. The van der Waals surface area contributed by atoms with Crippen molar-refractivity contribution in [3.63, 3.8) is 0 Å². The smallest absolute Gasteiger partial charge is 0.211 e. The van der Waals surface area contributed by atoms with E-state index in [4.69, 9.17) is 0 Å². The Balaban J connectivity index is 2.12. The molecule has 0 aromatic heterocycles. The summed E-state index contributed by atoms with van der Waals surface area (Å²) in [6.07, 6.45) is 2.34. The summed E-state index contributed by atoms with van der Waals surface area (Å²) in [5, 5.41) is 0. The Kier molecular flexibility index (Phi) is 2.13. The topological polar surface area (TPSA) is 40.6 Å². The molecule has 0 radical (unpaired) electrons. The van der Waals surface area contributed by atoms with E-state index in [0.717, 1.165) is 19.5 Å². The molecule has 0 N–H and O–H groups in total. The van der Waals surface area contributed by atoms with Crippen LogP contribution in [0.25, 0.3) is 0 Å². The van der Waals surface area contributed by atoms with Crippen LogP contribution in [0.4, 0.5) is 0 Å². The van der Waals surface area contributed by atoms with Crippen LogP contribution >= 0.6 is 0 Å². The summed E-state index contributed by atoms with van der Waals surface area (Å²) in [6.45, 7) is 4.80. The minimum atomic E-state index is -2.96. The van der Waals surface area contributed by atoms with E-state index in [-0.39, 0.29) is 6.04 Å². The maximum absolute atomic E-state index is 11.3. The Morgan fingerprint density at radius 3 is 2.38 bits per heavy atom. The van der Waals surface area contributed by atoms with E-state index in [1.54, 1.807) is 4.31 Å². The molecule has 0 unspecified atom stereocenters. The molecule has 2 saturated heterocycles. The quantitative estimate of drug-likeness (QED) is 0.621. The molecule has 76 valence electrons. The van der Waals surface area contributed by atoms with Gasteiger partial charge in [0.2, 0.25) is 10.0 Å². The van der Waals surface area contributed by atoms with Gasteiger partial charge in [0.05, 0.1) is 6.26 Å². The van der Waals surface area contributed by atoms with Crippen molar-refractivity contribution in [1.29, 1.82) is 0 Å². The molecule has 5 heteroatoms. The van der Waals surface area contributed by atoms with E-state index in [2.05, 4.69) is 11.8 Å². The fourth-order valence-electron chi connectivity index (χ4n) is 2.51. The molecule has 2 fully saturated rings. The van der Waals surface area contributed by atoms with Gasteiger partial charge in [-0.25, -0.2) is 8.42 Å². The highest BCUT2D eigenvalue weighted by Gasteiger charge is 2.45. The number of hydrogen-bond donors (Lipinski definition) is 0. The second kappa shape index (κ2) is 2.93. The number of sulfonamides is 1. The molecule has 2 bridgehead atoms. The number of rotatable bonds is 2. The van der Waals surface area contributed by atoms with Crippen LogP contribution in [-0.2, 0) is 10.0 Å². The summed E-state index contributed by atoms with van der Waals surface area (Å²) in [4.78, 5) is 2.37. The standard InChI is InChI=1S/C8H16N2O2S/c1-3-9-5-8-4-7(9)6-10(8)13(2,11)12/h7-8H,3-6H2,1-2H3/t7-,8-/m0/s1.